The van der Waals surface area contributed by atoms with E-state index in [4.69, 9.17) is 0 Å². The number of amides is 1. The number of carbonyl (C=O) groups is 1. The summed E-state index contributed by atoms with van der Waals surface area (Å²) in [7, 11) is 0. The number of rotatable bonds is 5. The van der Waals surface area contributed by atoms with Crippen LogP contribution in [-0.4, -0.2) is 20.7 Å². The third kappa shape index (κ3) is 3.22. The maximum atomic E-state index is 12.9. The van der Waals surface area contributed by atoms with Crippen LogP contribution in [0.4, 0.5) is 5.13 Å². The number of anilines is 1. The first kappa shape index (κ1) is 17.4. The van der Waals surface area contributed by atoms with Gasteiger partial charge in [-0.05, 0) is 43.0 Å². The Bertz CT molecular complexity index is 952. The van der Waals surface area contributed by atoms with Crippen LogP contribution in [0.3, 0.4) is 0 Å². The first-order valence-electron chi connectivity index (χ1n) is 8.27. The van der Waals surface area contributed by atoms with Gasteiger partial charge in [-0.15, -0.1) is 16.8 Å². The summed E-state index contributed by atoms with van der Waals surface area (Å²) in [6.07, 6.45) is 1.81. The van der Waals surface area contributed by atoms with Crippen molar-refractivity contribution in [3.63, 3.8) is 0 Å². The summed E-state index contributed by atoms with van der Waals surface area (Å²) in [5.41, 5.74) is 3.92. The monoisotopic (exact) mass is 354 g/mol. The quantitative estimate of drug-likeness (QED) is 0.677. The lowest BCUT2D eigenvalue weighted by Gasteiger charge is -2.09. The van der Waals surface area contributed by atoms with Crippen LogP contribution in [0.1, 0.15) is 46.4 Å². The van der Waals surface area contributed by atoms with Gasteiger partial charge in [-0.2, -0.15) is 0 Å². The second-order valence-corrected chi connectivity index (χ2v) is 7.57. The molecule has 3 rings (SSSR count). The number of hydrogen-bond donors (Lipinski definition) is 1. The van der Waals surface area contributed by atoms with E-state index in [1.807, 2.05) is 18.4 Å². The van der Waals surface area contributed by atoms with Crippen LogP contribution < -0.4 is 5.32 Å². The van der Waals surface area contributed by atoms with E-state index < -0.39 is 0 Å². The van der Waals surface area contributed by atoms with Crippen molar-refractivity contribution in [3.8, 4) is 0 Å². The standard InChI is InChI=1S/C19H22N4OS/c1-6-9-23-16-8-7-14(11(2)3)10-15(16)12(4)17(23)18(24)20-19-22-21-13(5)25-19/h6-8,10-11H,1,9H2,2-5H3,(H,20,22,24). The number of nitrogens with one attached hydrogen (secondary N) is 1. The molecule has 0 atom stereocenters. The Morgan fingerprint density at radius 2 is 2.12 bits per heavy atom. The average Bonchev–Trinajstić information content (AvgIpc) is 3.09. The van der Waals surface area contributed by atoms with Gasteiger partial charge >= 0.3 is 0 Å². The maximum Gasteiger partial charge on any atom is 0.274 e. The lowest BCUT2D eigenvalue weighted by Crippen LogP contribution is -2.18. The van der Waals surface area contributed by atoms with Crippen LogP contribution in [0.5, 0.6) is 0 Å². The van der Waals surface area contributed by atoms with Gasteiger partial charge in [-0.3, -0.25) is 10.1 Å². The minimum Gasteiger partial charge on any atom is -0.332 e. The van der Waals surface area contributed by atoms with Crippen molar-refractivity contribution >= 4 is 33.3 Å². The summed E-state index contributed by atoms with van der Waals surface area (Å²) in [5.74, 6) is 0.269. The van der Waals surface area contributed by atoms with Crippen LogP contribution in [0, 0.1) is 13.8 Å². The van der Waals surface area contributed by atoms with E-state index in [-0.39, 0.29) is 5.91 Å². The summed E-state index contributed by atoms with van der Waals surface area (Å²) in [6.45, 7) is 12.6. The van der Waals surface area contributed by atoms with E-state index in [0.29, 0.717) is 23.3 Å². The van der Waals surface area contributed by atoms with Crippen molar-refractivity contribution in [2.24, 2.45) is 0 Å². The Morgan fingerprint density at radius 3 is 2.72 bits per heavy atom. The van der Waals surface area contributed by atoms with Crippen molar-refractivity contribution in [3.05, 3.63) is 52.7 Å². The maximum absolute atomic E-state index is 12.9. The predicted octanol–water partition coefficient (Wildman–Crippen LogP) is 4.67. The van der Waals surface area contributed by atoms with Crippen molar-refractivity contribution in [1.29, 1.82) is 0 Å². The fraction of sp³-hybridized carbons (Fsp3) is 0.316. The Balaban J connectivity index is 2.11. The number of benzene rings is 1. The molecule has 3 aromatic rings. The normalized spacial score (nSPS) is 11.2. The summed E-state index contributed by atoms with van der Waals surface area (Å²) in [5, 5.41) is 13.2. The molecule has 0 radical (unpaired) electrons. The first-order valence-corrected chi connectivity index (χ1v) is 9.09. The number of fused-ring (bicyclic) bond motifs is 1. The van der Waals surface area contributed by atoms with Crippen LogP contribution >= 0.6 is 11.3 Å². The van der Waals surface area contributed by atoms with Crippen molar-refractivity contribution in [2.45, 2.75) is 40.2 Å². The molecule has 0 aliphatic carbocycles. The second-order valence-electron chi connectivity index (χ2n) is 6.38. The lowest BCUT2D eigenvalue weighted by atomic mass is 10.0. The van der Waals surface area contributed by atoms with Gasteiger partial charge in [0.15, 0.2) is 0 Å². The highest BCUT2D eigenvalue weighted by atomic mass is 32.1. The van der Waals surface area contributed by atoms with E-state index >= 15 is 0 Å². The van der Waals surface area contributed by atoms with Gasteiger partial charge in [0, 0.05) is 17.4 Å². The third-order valence-electron chi connectivity index (χ3n) is 4.28. The lowest BCUT2D eigenvalue weighted by molar-refractivity contribution is 0.101. The Morgan fingerprint density at radius 1 is 1.36 bits per heavy atom. The van der Waals surface area contributed by atoms with Gasteiger partial charge in [0.25, 0.3) is 5.91 Å². The zero-order chi connectivity index (χ0) is 18.1. The number of aromatic nitrogens is 3. The smallest absolute Gasteiger partial charge is 0.274 e. The molecule has 0 spiro atoms. The number of allylic oxidation sites excluding steroid dienone is 1. The highest BCUT2D eigenvalue weighted by molar-refractivity contribution is 7.15. The van der Waals surface area contributed by atoms with Crippen LogP contribution in [0.25, 0.3) is 10.9 Å². The summed E-state index contributed by atoms with van der Waals surface area (Å²) < 4.78 is 2.00. The summed E-state index contributed by atoms with van der Waals surface area (Å²) in [4.78, 5) is 12.9. The third-order valence-corrected chi connectivity index (χ3v) is 5.03. The molecule has 2 aromatic heterocycles. The largest absolute Gasteiger partial charge is 0.332 e. The molecule has 0 unspecified atom stereocenters. The summed E-state index contributed by atoms with van der Waals surface area (Å²) in [6, 6.07) is 6.40. The van der Waals surface area contributed by atoms with Gasteiger partial charge in [0.05, 0.1) is 0 Å². The predicted molar refractivity (Wildman–Crippen MR) is 104 cm³/mol. The molecule has 1 amide bonds. The topological polar surface area (TPSA) is 59.8 Å². The zero-order valence-electron chi connectivity index (χ0n) is 15.0. The molecular formula is C19H22N4OS. The molecule has 0 aliphatic rings. The minimum absolute atomic E-state index is 0.169. The molecule has 0 saturated heterocycles. The molecular weight excluding hydrogens is 332 g/mol. The van der Waals surface area contributed by atoms with Gasteiger partial charge in [-0.25, -0.2) is 0 Å². The van der Waals surface area contributed by atoms with Crippen LogP contribution in [0.2, 0.25) is 0 Å². The van der Waals surface area contributed by atoms with Gasteiger partial charge in [0.1, 0.15) is 10.7 Å². The van der Waals surface area contributed by atoms with Crippen molar-refractivity contribution < 1.29 is 4.79 Å². The number of aryl methyl sites for hydroxylation is 2. The number of carbonyl (C=O) groups excluding carboxylic acids is 1. The summed E-state index contributed by atoms with van der Waals surface area (Å²) >= 11 is 1.37. The average molecular weight is 354 g/mol. The molecule has 1 N–H and O–H groups in total. The SMILES string of the molecule is C=CCn1c(C(=O)Nc2nnc(C)s2)c(C)c2cc(C(C)C)ccc21. The molecule has 1 aromatic carbocycles. The minimum atomic E-state index is -0.169. The molecule has 130 valence electrons. The molecule has 6 heteroatoms. The Hall–Kier alpha value is -2.47. The number of nitrogens with zero attached hydrogens (tertiary/aromatic N) is 3. The van der Waals surface area contributed by atoms with Crippen LogP contribution in [-0.2, 0) is 6.54 Å². The van der Waals surface area contributed by atoms with E-state index in [1.54, 1.807) is 6.08 Å². The first-order chi connectivity index (χ1) is 11.9. The van der Waals surface area contributed by atoms with Gasteiger partial charge in [0.2, 0.25) is 5.13 Å². The van der Waals surface area contributed by atoms with Crippen molar-refractivity contribution in [1.82, 2.24) is 14.8 Å². The zero-order valence-corrected chi connectivity index (χ0v) is 15.8. The highest BCUT2D eigenvalue weighted by Gasteiger charge is 2.21. The van der Waals surface area contributed by atoms with Gasteiger partial charge < -0.3 is 4.57 Å². The molecule has 0 fully saturated rings. The molecule has 0 saturated carbocycles. The van der Waals surface area contributed by atoms with Crippen molar-refractivity contribution in [2.75, 3.05) is 5.32 Å². The molecule has 25 heavy (non-hydrogen) atoms. The molecule has 0 bridgehead atoms. The number of hydrogen-bond acceptors (Lipinski definition) is 4. The van der Waals surface area contributed by atoms with Crippen LogP contribution in [0.15, 0.2) is 30.9 Å². The van der Waals surface area contributed by atoms with Gasteiger partial charge in [-0.1, -0.05) is 37.3 Å². The highest BCUT2D eigenvalue weighted by Crippen LogP contribution is 2.30. The Kier molecular flexibility index (Phi) is 4.72. The van der Waals surface area contributed by atoms with E-state index in [0.717, 1.165) is 21.5 Å². The second kappa shape index (κ2) is 6.80. The fourth-order valence-electron chi connectivity index (χ4n) is 3.01. The Labute approximate surface area is 151 Å². The molecule has 2 heterocycles. The molecule has 5 nitrogen and oxygen atoms in total. The fourth-order valence-corrected chi connectivity index (χ4v) is 3.60. The van der Waals surface area contributed by atoms with E-state index in [9.17, 15) is 4.79 Å². The van der Waals surface area contributed by atoms with E-state index in [2.05, 4.69) is 54.1 Å². The molecule has 0 aliphatic heterocycles. The van der Waals surface area contributed by atoms with E-state index in [1.165, 1.54) is 16.9 Å².